The molecule has 1 N–H and O–H groups in total. The van der Waals surface area contributed by atoms with Crippen LogP contribution in [0.2, 0.25) is 0 Å². The average Bonchev–Trinajstić information content (AvgIpc) is 1.35. The number of halogens is 2. The summed E-state index contributed by atoms with van der Waals surface area (Å²) in [6, 6.07) is 0. The average molecular weight is 115 g/mol. The van der Waals surface area contributed by atoms with E-state index in [1.165, 1.54) is 5.09 Å². The molecule has 0 aromatic rings. The molecule has 0 fully saturated rings. The second kappa shape index (κ2) is 1.67. The van der Waals surface area contributed by atoms with Gasteiger partial charge >= 0.3 is 7.91 Å². The van der Waals surface area contributed by atoms with E-state index < -0.39 is 7.91 Å². The number of nitrogens with one attached hydrogen (secondary N) is 1. The lowest BCUT2D eigenvalue weighted by atomic mass is 11.6. The molecule has 38 valence electrons. The zero-order valence-electron chi connectivity index (χ0n) is 3.11. The van der Waals surface area contributed by atoms with Gasteiger partial charge in [0.05, 0.1) is 0 Å². The second-order valence-corrected chi connectivity index (χ2v) is 2.06. The van der Waals surface area contributed by atoms with Gasteiger partial charge in [0.15, 0.2) is 0 Å². The molecule has 5 heteroatoms. The Morgan fingerprint density at radius 3 is 1.83 bits per heavy atom. The van der Waals surface area contributed by atoms with E-state index in [9.17, 15) is 8.39 Å². The summed E-state index contributed by atoms with van der Waals surface area (Å²) in [4.78, 5) is 0. The van der Waals surface area contributed by atoms with Crippen molar-refractivity contribution < 1.29 is 13.0 Å². The van der Waals surface area contributed by atoms with Gasteiger partial charge in [0, 0.05) is 0 Å². The maximum Gasteiger partial charge on any atom is 0.480 e. The Labute approximate surface area is 34.2 Å². The van der Waals surface area contributed by atoms with Crippen molar-refractivity contribution >= 4 is 7.91 Å². The van der Waals surface area contributed by atoms with E-state index in [0.717, 1.165) is 7.05 Å². The van der Waals surface area contributed by atoms with E-state index in [-0.39, 0.29) is 0 Å². The predicted molar refractivity (Wildman–Crippen MR) is 18.9 cm³/mol. The molecule has 0 aliphatic rings. The van der Waals surface area contributed by atoms with Crippen LogP contribution < -0.4 is 5.09 Å². The number of hydrogen-bond acceptors (Lipinski definition) is 1. The Bertz CT molecular complexity index is 77.6. The summed E-state index contributed by atoms with van der Waals surface area (Å²) in [7, 11) is -3.95. The molecular weight excluding hydrogens is 111 g/mol. The Hall–Kier alpha value is 0.0500. The van der Waals surface area contributed by atoms with Crippen molar-refractivity contribution in [3.05, 3.63) is 0 Å². The van der Waals surface area contributed by atoms with Crippen LogP contribution in [-0.2, 0) is 4.57 Å². The van der Waals surface area contributed by atoms with Crippen molar-refractivity contribution in [2.75, 3.05) is 7.05 Å². The van der Waals surface area contributed by atoms with Crippen molar-refractivity contribution in [3.8, 4) is 0 Å². The lowest BCUT2D eigenvalue weighted by Gasteiger charge is -1.87. The van der Waals surface area contributed by atoms with Crippen LogP contribution in [0.15, 0.2) is 0 Å². The van der Waals surface area contributed by atoms with Crippen molar-refractivity contribution in [1.29, 1.82) is 0 Å². The molecule has 0 atom stereocenters. The number of rotatable bonds is 1. The van der Waals surface area contributed by atoms with Gasteiger partial charge in [0.2, 0.25) is 0 Å². The van der Waals surface area contributed by atoms with Crippen molar-refractivity contribution in [2.24, 2.45) is 0 Å². The molecule has 0 aliphatic carbocycles. The van der Waals surface area contributed by atoms with E-state index in [4.69, 9.17) is 4.57 Å². The molecule has 0 rings (SSSR count). The Kier molecular flexibility index (Phi) is 1.68. The minimum absolute atomic E-state index is 0.945. The van der Waals surface area contributed by atoms with Gasteiger partial charge < -0.3 is 0 Å². The van der Waals surface area contributed by atoms with E-state index in [2.05, 4.69) is 0 Å². The van der Waals surface area contributed by atoms with Crippen LogP contribution in [0.4, 0.5) is 8.39 Å². The summed E-state index contributed by atoms with van der Waals surface area (Å²) in [5, 5.41) is 1.33. The summed E-state index contributed by atoms with van der Waals surface area (Å²) in [5.41, 5.74) is 0. The molecule has 0 spiro atoms. The molecule has 0 aromatic heterocycles. The molecule has 0 heterocycles. The van der Waals surface area contributed by atoms with Crippen LogP contribution in [0.3, 0.4) is 0 Å². The van der Waals surface area contributed by atoms with Crippen LogP contribution in [-0.4, -0.2) is 7.05 Å². The first kappa shape index (κ1) is 6.05. The molecule has 0 unspecified atom stereocenters. The van der Waals surface area contributed by atoms with Gasteiger partial charge in [-0.05, 0) is 7.05 Å². The fourth-order valence-corrected chi connectivity index (χ4v) is 0. The first-order valence-electron chi connectivity index (χ1n) is 1.24. The first-order chi connectivity index (χ1) is 2.56. The van der Waals surface area contributed by atoms with E-state index in [1.807, 2.05) is 0 Å². The number of hydrogen-bond donors (Lipinski definition) is 1. The normalized spacial score (nSPS) is 11.8. The van der Waals surface area contributed by atoms with Crippen LogP contribution in [0, 0.1) is 0 Å². The van der Waals surface area contributed by atoms with Gasteiger partial charge in [-0.2, -0.15) is 0 Å². The van der Waals surface area contributed by atoms with E-state index in [0.29, 0.717) is 0 Å². The Balaban J connectivity index is 3.48. The maximum absolute atomic E-state index is 10.9. The quantitative estimate of drug-likeness (QED) is 0.521. The first-order valence-corrected chi connectivity index (χ1v) is 2.73. The van der Waals surface area contributed by atoms with Crippen molar-refractivity contribution in [3.63, 3.8) is 0 Å². The minimum Gasteiger partial charge on any atom is -0.232 e. The standard InChI is InChI=1S/CH4F2NOP/c1-4-6(2,3)5/h1H3,(H,4,5). The third-order valence-electron chi connectivity index (χ3n) is 0.260. The summed E-state index contributed by atoms with van der Waals surface area (Å²) in [6.45, 7) is 0. The Morgan fingerprint density at radius 2 is 1.83 bits per heavy atom. The predicted octanol–water partition coefficient (Wildman–Crippen LogP) is 1.25. The largest absolute Gasteiger partial charge is 0.480 e. The highest BCUT2D eigenvalue weighted by Crippen LogP contribution is 2.42. The van der Waals surface area contributed by atoms with Gasteiger partial charge in [-0.15, -0.1) is 8.39 Å². The van der Waals surface area contributed by atoms with Crippen LogP contribution in [0.5, 0.6) is 0 Å². The Morgan fingerprint density at radius 1 is 1.67 bits per heavy atom. The second-order valence-electron chi connectivity index (χ2n) is 0.686. The molecule has 0 aliphatic heterocycles. The monoisotopic (exact) mass is 115 g/mol. The molecule has 0 saturated carbocycles. The fraction of sp³-hybridized carbons (Fsp3) is 1.00. The molecular formula is CH4F2NOP. The van der Waals surface area contributed by atoms with Crippen LogP contribution >= 0.6 is 7.91 Å². The van der Waals surface area contributed by atoms with Gasteiger partial charge in [-0.3, -0.25) is 0 Å². The van der Waals surface area contributed by atoms with E-state index >= 15 is 0 Å². The summed E-state index contributed by atoms with van der Waals surface area (Å²) in [5.74, 6) is 0. The molecule has 2 nitrogen and oxygen atoms in total. The van der Waals surface area contributed by atoms with Gasteiger partial charge in [0.25, 0.3) is 0 Å². The highest BCUT2D eigenvalue weighted by atomic mass is 31.2. The highest BCUT2D eigenvalue weighted by molar-refractivity contribution is 7.50. The van der Waals surface area contributed by atoms with E-state index in [1.54, 1.807) is 0 Å². The molecule has 0 saturated heterocycles. The minimum atomic E-state index is -4.90. The smallest absolute Gasteiger partial charge is 0.232 e. The molecule has 0 radical (unpaired) electrons. The third kappa shape index (κ3) is 4.05. The summed E-state index contributed by atoms with van der Waals surface area (Å²) < 4.78 is 30.9. The van der Waals surface area contributed by atoms with Crippen molar-refractivity contribution in [2.45, 2.75) is 0 Å². The maximum atomic E-state index is 10.9. The molecule has 0 aromatic carbocycles. The zero-order chi connectivity index (χ0) is 5.21. The summed E-state index contributed by atoms with van der Waals surface area (Å²) >= 11 is 0. The van der Waals surface area contributed by atoms with Gasteiger partial charge in [-0.25, -0.2) is 9.65 Å². The topological polar surface area (TPSA) is 29.1 Å². The lowest BCUT2D eigenvalue weighted by Crippen LogP contribution is -1.91. The molecule has 6 heavy (non-hydrogen) atoms. The van der Waals surface area contributed by atoms with Crippen LogP contribution in [0.1, 0.15) is 0 Å². The van der Waals surface area contributed by atoms with Crippen LogP contribution in [0.25, 0.3) is 0 Å². The molecule has 0 amide bonds. The third-order valence-corrected chi connectivity index (χ3v) is 0.781. The van der Waals surface area contributed by atoms with Gasteiger partial charge in [-0.1, -0.05) is 0 Å². The molecule has 0 bridgehead atoms. The lowest BCUT2D eigenvalue weighted by molar-refractivity contribution is 0.484. The van der Waals surface area contributed by atoms with Gasteiger partial charge in [0.1, 0.15) is 0 Å². The zero-order valence-corrected chi connectivity index (χ0v) is 4.01. The highest BCUT2D eigenvalue weighted by Gasteiger charge is 2.12. The SMILES string of the molecule is CNP(=O)(F)F. The van der Waals surface area contributed by atoms with Crippen molar-refractivity contribution in [1.82, 2.24) is 5.09 Å². The summed E-state index contributed by atoms with van der Waals surface area (Å²) in [6.07, 6.45) is 0. The fourth-order valence-electron chi connectivity index (χ4n) is 0.